The van der Waals surface area contributed by atoms with Crippen LogP contribution in [-0.2, 0) is 9.59 Å². The van der Waals surface area contributed by atoms with Crippen molar-refractivity contribution < 1.29 is 28.8 Å². The summed E-state index contributed by atoms with van der Waals surface area (Å²) in [4.78, 5) is 85.5. The van der Waals surface area contributed by atoms with E-state index in [1.165, 1.54) is 9.80 Å². The maximum Gasteiger partial charge on any atom is 0.261 e. The normalized spacial score (nSPS) is 16.5. The van der Waals surface area contributed by atoms with Crippen LogP contribution in [-0.4, -0.2) is 121 Å². The lowest BCUT2D eigenvalue weighted by Crippen LogP contribution is -2.46. The number of rotatable bonds is 18. The predicted molar refractivity (Wildman–Crippen MR) is 198 cm³/mol. The quantitative estimate of drug-likeness (QED) is 0.178. The molecule has 2 aromatic carbocycles. The molecule has 0 saturated heterocycles. The fourth-order valence-electron chi connectivity index (χ4n) is 7.10. The Kier molecular flexibility index (Phi) is 11.6. The molecule has 2 N–H and O–H groups in total. The first-order chi connectivity index (χ1) is 25.1. The molecule has 2 aromatic rings. The van der Waals surface area contributed by atoms with Gasteiger partial charge in [0.2, 0.25) is 11.8 Å². The highest BCUT2D eigenvalue weighted by molar-refractivity contribution is 6.33. The summed E-state index contributed by atoms with van der Waals surface area (Å²) in [5.41, 5.74) is 1.18. The molecule has 0 aromatic heterocycles. The van der Waals surface area contributed by atoms with Crippen LogP contribution in [0.5, 0.6) is 0 Å². The van der Waals surface area contributed by atoms with Crippen molar-refractivity contribution in [2.24, 2.45) is 11.8 Å². The summed E-state index contributed by atoms with van der Waals surface area (Å²) in [5, 5.41) is 6.61. The van der Waals surface area contributed by atoms with E-state index >= 15 is 0 Å². The van der Waals surface area contributed by atoms with Crippen LogP contribution in [0.3, 0.4) is 0 Å². The molecule has 2 aliphatic heterocycles. The van der Waals surface area contributed by atoms with Crippen LogP contribution in [0.15, 0.2) is 72.9 Å². The molecule has 2 aliphatic carbocycles. The van der Waals surface area contributed by atoms with Crippen molar-refractivity contribution in [2.45, 2.75) is 25.7 Å². The summed E-state index contributed by atoms with van der Waals surface area (Å²) in [5.74, 6) is -1.50. The summed E-state index contributed by atoms with van der Waals surface area (Å²) < 4.78 is 0. The highest BCUT2D eigenvalue weighted by Gasteiger charge is 2.39. The smallest absolute Gasteiger partial charge is 0.261 e. The van der Waals surface area contributed by atoms with Gasteiger partial charge in [-0.05, 0) is 64.3 Å². The minimum atomic E-state index is -0.454. The van der Waals surface area contributed by atoms with Crippen LogP contribution in [0, 0.1) is 11.8 Å². The van der Waals surface area contributed by atoms with Crippen molar-refractivity contribution in [1.82, 2.24) is 30.2 Å². The molecule has 52 heavy (non-hydrogen) atoms. The lowest BCUT2D eigenvalue weighted by molar-refractivity contribution is -0.122. The first-order valence-corrected chi connectivity index (χ1v) is 18.0. The average Bonchev–Trinajstić information content (AvgIpc) is 3.84. The van der Waals surface area contributed by atoms with E-state index in [9.17, 15) is 28.8 Å². The van der Waals surface area contributed by atoms with Crippen molar-refractivity contribution >= 4 is 46.2 Å². The molecular weight excluding hydrogens is 660 g/mol. The Labute approximate surface area is 303 Å². The molecule has 6 amide bonds. The van der Waals surface area contributed by atoms with E-state index in [1.807, 2.05) is 72.5 Å². The van der Waals surface area contributed by atoms with Gasteiger partial charge in [-0.15, -0.1) is 0 Å². The highest BCUT2D eigenvalue weighted by Crippen LogP contribution is 2.37. The number of allylic oxidation sites excluding steroid dienone is 8. The van der Waals surface area contributed by atoms with Crippen molar-refractivity contribution in [3.63, 3.8) is 0 Å². The Hall–Kier alpha value is -5.20. The molecule has 0 fully saturated rings. The zero-order chi connectivity index (χ0) is 36.8. The Bertz CT molecular complexity index is 1670. The van der Waals surface area contributed by atoms with Gasteiger partial charge in [0.25, 0.3) is 23.6 Å². The second-order valence-electron chi connectivity index (χ2n) is 13.9. The topological polar surface area (TPSA) is 139 Å². The number of carbonyl (C=O) groups is 6. The van der Waals surface area contributed by atoms with Crippen LogP contribution in [0.4, 0.5) is 0 Å². The van der Waals surface area contributed by atoms with Gasteiger partial charge in [0.1, 0.15) is 0 Å². The molecule has 6 rings (SSSR count). The third kappa shape index (κ3) is 8.13. The average molecular weight is 707 g/mol. The van der Waals surface area contributed by atoms with Gasteiger partial charge in [-0.2, -0.15) is 0 Å². The van der Waals surface area contributed by atoms with Gasteiger partial charge in [0, 0.05) is 97.0 Å². The lowest BCUT2D eigenvalue weighted by Gasteiger charge is -2.33. The molecular formula is C40H46N6O6. The number of nitrogens with one attached hydrogen (secondary N) is 2. The molecule has 2 heterocycles. The number of likely N-dealkylation sites (N-methyl/N-ethyl adjacent to an activating group) is 2. The number of hydrogen-bond acceptors (Lipinski definition) is 8. The largest absolute Gasteiger partial charge is 0.356 e. The Balaban J connectivity index is 1.00. The molecule has 0 saturated carbocycles. The Morgan fingerprint density at radius 2 is 0.885 bits per heavy atom. The van der Waals surface area contributed by atoms with Crippen molar-refractivity contribution in [2.75, 3.05) is 66.5 Å². The maximum atomic E-state index is 13.7. The summed E-state index contributed by atoms with van der Waals surface area (Å²) >= 11 is 0. The first kappa shape index (κ1) is 36.6. The van der Waals surface area contributed by atoms with E-state index in [1.54, 1.807) is 24.3 Å². The van der Waals surface area contributed by atoms with Crippen molar-refractivity contribution in [3.05, 3.63) is 95.1 Å². The fourth-order valence-corrected chi connectivity index (χ4v) is 7.10. The van der Waals surface area contributed by atoms with E-state index in [0.29, 0.717) is 85.1 Å². The number of nitrogens with zero attached hydrogens (tertiary/aromatic N) is 4. The Morgan fingerprint density at radius 1 is 0.558 bits per heavy atom. The molecule has 0 unspecified atom stereocenters. The fraction of sp³-hybridized carbons (Fsp3) is 0.400. The van der Waals surface area contributed by atoms with Gasteiger partial charge < -0.3 is 20.4 Å². The van der Waals surface area contributed by atoms with Gasteiger partial charge >= 0.3 is 0 Å². The lowest BCUT2D eigenvalue weighted by atomic mass is 9.86. The minimum absolute atomic E-state index is 0.00646. The molecule has 0 radical (unpaired) electrons. The SMILES string of the molecule is CN(CCCNC(=O)CC1C=CC=C1)CCN1C(=O)c2ccc3c4c(ccc(c24)C1=O)C(=O)N(CCN(C)CCCNC(=O)CC1C=CC=C1)C3=O. The van der Waals surface area contributed by atoms with Gasteiger partial charge in [-0.3, -0.25) is 38.6 Å². The van der Waals surface area contributed by atoms with Gasteiger partial charge in [0.15, 0.2) is 0 Å². The summed E-state index contributed by atoms with van der Waals surface area (Å²) in [6.07, 6.45) is 18.1. The van der Waals surface area contributed by atoms with E-state index in [-0.39, 0.29) is 36.7 Å². The monoisotopic (exact) mass is 706 g/mol. The zero-order valence-corrected chi connectivity index (χ0v) is 29.8. The predicted octanol–water partition coefficient (Wildman–Crippen LogP) is 3.17. The number of hydrogen-bond donors (Lipinski definition) is 2. The Morgan fingerprint density at radius 3 is 1.21 bits per heavy atom. The van der Waals surface area contributed by atoms with Gasteiger partial charge in [0.05, 0.1) is 0 Å². The molecule has 0 spiro atoms. The number of amides is 6. The molecule has 4 aliphatic rings. The highest BCUT2D eigenvalue weighted by atomic mass is 16.2. The molecule has 272 valence electrons. The van der Waals surface area contributed by atoms with Crippen LogP contribution >= 0.6 is 0 Å². The van der Waals surface area contributed by atoms with Crippen LogP contribution in [0.25, 0.3) is 10.8 Å². The van der Waals surface area contributed by atoms with Gasteiger partial charge in [-0.25, -0.2) is 0 Å². The third-order valence-electron chi connectivity index (χ3n) is 10.0. The van der Waals surface area contributed by atoms with Crippen molar-refractivity contribution in [3.8, 4) is 0 Å². The maximum absolute atomic E-state index is 13.7. The van der Waals surface area contributed by atoms with E-state index in [4.69, 9.17) is 0 Å². The number of benzene rings is 2. The zero-order valence-electron chi connectivity index (χ0n) is 29.8. The summed E-state index contributed by atoms with van der Waals surface area (Å²) in [6.45, 7) is 3.65. The van der Waals surface area contributed by atoms with E-state index in [2.05, 4.69) is 10.6 Å². The minimum Gasteiger partial charge on any atom is -0.356 e. The van der Waals surface area contributed by atoms with Crippen LogP contribution in [0.1, 0.15) is 67.1 Å². The third-order valence-corrected chi connectivity index (χ3v) is 10.0. The summed E-state index contributed by atoms with van der Waals surface area (Å²) in [6, 6.07) is 6.34. The van der Waals surface area contributed by atoms with Crippen LogP contribution < -0.4 is 10.6 Å². The first-order valence-electron chi connectivity index (χ1n) is 18.0. The molecule has 12 heteroatoms. The van der Waals surface area contributed by atoms with E-state index < -0.39 is 23.6 Å². The molecule has 0 bridgehead atoms. The van der Waals surface area contributed by atoms with Gasteiger partial charge in [-0.1, -0.05) is 48.6 Å². The molecule has 0 atom stereocenters. The summed E-state index contributed by atoms with van der Waals surface area (Å²) in [7, 11) is 3.81. The second-order valence-corrected chi connectivity index (χ2v) is 13.9. The number of carbonyl (C=O) groups excluding carboxylic acids is 6. The second kappa shape index (κ2) is 16.4. The molecule has 12 nitrogen and oxygen atoms in total. The van der Waals surface area contributed by atoms with Crippen LogP contribution in [0.2, 0.25) is 0 Å². The number of imide groups is 2. The van der Waals surface area contributed by atoms with Crippen molar-refractivity contribution in [1.29, 1.82) is 0 Å². The van der Waals surface area contributed by atoms with E-state index in [0.717, 1.165) is 12.8 Å². The standard InChI is InChI=1S/C40H46N6O6/c1-43(19-7-17-41-33(47)25-27-9-3-4-10-27)21-23-45-37(49)29-13-15-31-36-32(16-14-30(35(29)36)38(45)50)40(52)46(39(31)51)24-22-44(2)20-8-18-42-34(48)26-28-11-5-6-12-28/h3-6,9-16,27-28H,7-8,17-26H2,1-2H3,(H,41,47)(H,42,48).